The molecule has 0 radical (unpaired) electrons. The van der Waals surface area contributed by atoms with Crippen LogP contribution in [0.15, 0.2) is 24.3 Å². The molecular weight excluding hydrogens is 286 g/mol. The summed E-state index contributed by atoms with van der Waals surface area (Å²) in [5.74, 6) is 0.806. The maximum atomic E-state index is 12.3. The number of nitrogens with one attached hydrogen (secondary N) is 1. The van der Waals surface area contributed by atoms with Gasteiger partial charge in [-0.3, -0.25) is 10.1 Å². The van der Waals surface area contributed by atoms with Crippen LogP contribution in [0.25, 0.3) is 0 Å². The number of anilines is 1. The van der Waals surface area contributed by atoms with Crippen molar-refractivity contribution in [2.75, 3.05) is 19.0 Å². The molecule has 2 heterocycles. The third kappa shape index (κ3) is 3.06. The standard InChI is InChI=1S/C14H17N5O3/c1-21-9-8-19-14(16-17-18-19)15-13(20)12-7-6-10-4-2-3-5-11(10)22-12/h2-5,12H,6-9H2,1H3,(H,15,16,18,20). The molecule has 8 heteroatoms. The van der Waals surface area contributed by atoms with Crippen molar-refractivity contribution >= 4 is 11.9 Å². The summed E-state index contributed by atoms with van der Waals surface area (Å²) in [5.41, 5.74) is 1.12. The van der Waals surface area contributed by atoms with Gasteiger partial charge in [0, 0.05) is 7.11 Å². The second-order valence-electron chi connectivity index (χ2n) is 4.96. The highest BCUT2D eigenvalue weighted by Crippen LogP contribution is 2.27. The average molecular weight is 303 g/mol. The number of hydrogen-bond donors (Lipinski definition) is 1. The van der Waals surface area contributed by atoms with Crippen LogP contribution in [0.3, 0.4) is 0 Å². The summed E-state index contributed by atoms with van der Waals surface area (Å²) >= 11 is 0. The van der Waals surface area contributed by atoms with Crippen molar-refractivity contribution in [1.82, 2.24) is 20.2 Å². The lowest BCUT2D eigenvalue weighted by atomic mass is 10.0. The number of carbonyl (C=O) groups is 1. The quantitative estimate of drug-likeness (QED) is 0.872. The van der Waals surface area contributed by atoms with Gasteiger partial charge in [0.25, 0.3) is 5.91 Å². The van der Waals surface area contributed by atoms with E-state index < -0.39 is 6.10 Å². The largest absolute Gasteiger partial charge is 0.480 e. The van der Waals surface area contributed by atoms with Gasteiger partial charge >= 0.3 is 0 Å². The molecule has 116 valence electrons. The molecule has 1 aromatic heterocycles. The molecule has 1 unspecified atom stereocenters. The van der Waals surface area contributed by atoms with Gasteiger partial charge in [-0.2, -0.15) is 0 Å². The summed E-state index contributed by atoms with van der Waals surface area (Å²) in [5, 5.41) is 13.9. The van der Waals surface area contributed by atoms with E-state index in [4.69, 9.17) is 9.47 Å². The molecule has 2 aromatic rings. The summed E-state index contributed by atoms with van der Waals surface area (Å²) in [6.45, 7) is 0.925. The van der Waals surface area contributed by atoms with Crippen molar-refractivity contribution in [3.63, 3.8) is 0 Å². The Morgan fingerprint density at radius 1 is 1.50 bits per heavy atom. The van der Waals surface area contributed by atoms with Gasteiger partial charge in [-0.1, -0.05) is 23.3 Å². The van der Waals surface area contributed by atoms with Gasteiger partial charge < -0.3 is 9.47 Å². The molecule has 1 aromatic carbocycles. The SMILES string of the molecule is COCCn1nnnc1NC(=O)C1CCc2ccccc2O1. The van der Waals surface area contributed by atoms with Crippen LogP contribution < -0.4 is 10.1 Å². The first-order valence-corrected chi connectivity index (χ1v) is 7.08. The lowest BCUT2D eigenvalue weighted by Crippen LogP contribution is -2.36. The van der Waals surface area contributed by atoms with E-state index >= 15 is 0 Å². The third-order valence-corrected chi connectivity index (χ3v) is 3.48. The molecule has 0 spiro atoms. The lowest BCUT2D eigenvalue weighted by Gasteiger charge is -2.24. The predicted octanol–water partition coefficient (Wildman–Crippen LogP) is 0.652. The van der Waals surface area contributed by atoms with E-state index in [0.29, 0.717) is 25.5 Å². The number of fused-ring (bicyclic) bond motifs is 1. The Balaban J connectivity index is 1.65. The number of carbonyl (C=O) groups excluding carboxylic acids is 1. The number of benzene rings is 1. The van der Waals surface area contributed by atoms with Gasteiger partial charge in [-0.15, -0.1) is 0 Å². The van der Waals surface area contributed by atoms with E-state index in [9.17, 15) is 4.79 Å². The van der Waals surface area contributed by atoms with Gasteiger partial charge in [-0.05, 0) is 34.9 Å². The normalized spacial score (nSPS) is 16.7. The summed E-state index contributed by atoms with van der Waals surface area (Å²) in [6, 6.07) is 7.74. The molecule has 1 N–H and O–H groups in total. The predicted molar refractivity (Wildman–Crippen MR) is 77.5 cm³/mol. The second kappa shape index (κ2) is 6.52. The number of ether oxygens (including phenoxy) is 2. The minimum atomic E-state index is -0.539. The highest BCUT2D eigenvalue weighted by atomic mass is 16.5. The fourth-order valence-corrected chi connectivity index (χ4v) is 2.32. The Labute approximate surface area is 127 Å². The van der Waals surface area contributed by atoms with Crippen LogP contribution in [0.1, 0.15) is 12.0 Å². The van der Waals surface area contributed by atoms with Gasteiger partial charge in [0.2, 0.25) is 5.95 Å². The summed E-state index contributed by atoms with van der Waals surface area (Å²) < 4.78 is 12.2. The zero-order valence-electron chi connectivity index (χ0n) is 12.2. The van der Waals surface area contributed by atoms with E-state index in [2.05, 4.69) is 20.8 Å². The van der Waals surface area contributed by atoms with Crippen molar-refractivity contribution in [3.05, 3.63) is 29.8 Å². The van der Waals surface area contributed by atoms with Gasteiger partial charge in [0.05, 0.1) is 13.2 Å². The molecule has 0 saturated heterocycles. The monoisotopic (exact) mass is 303 g/mol. The maximum Gasteiger partial charge on any atom is 0.267 e. The number of nitrogens with zero attached hydrogens (tertiary/aromatic N) is 4. The number of rotatable bonds is 5. The molecule has 1 atom stereocenters. The van der Waals surface area contributed by atoms with Crippen LogP contribution in [0.5, 0.6) is 5.75 Å². The van der Waals surface area contributed by atoms with Crippen LogP contribution >= 0.6 is 0 Å². The molecule has 22 heavy (non-hydrogen) atoms. The fraction of sp³-hybridized carbons (Fsp3) is 0.429. The maximum absolute atomic E-state index is 12.3. The van der Waals surface area contributed by atoms with Gasteiger partial charge in [0.15, 0.2) is 6.10 Å². The van der Waals surface area contributed by atoms with Crippen molar-refractivity contribution in [1.29, 1.82) is 0 Å². The zero-order chi connectivity index (χ0) is 15.4. The smallest absolute Gasteiger partial charge is 0.267 e. The second-order valence-corrected chi connectivity index (χ2v) is 4.96. The van der Waals surface area contributed by atoms with Crippen LogP contribution in [0.2, 0.25) is 0 Å². The molecule has 3 rings (SSSR count). The number of para-hydroxylation sites is 1. The molecule has 1 amide bonds. The molecular formula is C14H17N5O3. The first-order chi connectivity index (χ1) is 10.8. The Bertz CT molecular complexity index is 657. The van der Waals surface area contributed by atoms with Gasteiger partial charge in [0.1, 0.15) is 5.75 Å². The third-order valence-electron chi connectivity index (χ3n) is 3.48. The number of aryl methyl sites for hydroxylation is 1. The Morgan fingerprint density at radius 3 is 3.23 bits per heavy atom. The van der Waals surface area contributed by atoms with Crippen molar-refractivity contribution in [3.8, 4) is 5.75 Å². The Hall–Kier alpha value is -2.48. The summed E-state index contributed by atoms with van der Waals surface area (Å²) in [6.07, 6.45) is 0.896. The Kier molecular flexibility index (Phi) is 4.29. The topological polar surface area (TPSA) is 91.2 Å². The van der Waals surface area contributed by atoms with E-state index in [-0.39, 0.29) is 5.91 Å². The van der Waals surface area contributed by atoms with E-state index in [1.807, 2.05) is 24.3 Å². The van der Waals surface area contributed by atoms with E-state index in [1.54, 1.807) is 7.11 Å². The van der Waals surface area contributed by atoms with Crippen LogP contribution in [-0.2, 0) is 22.5 Å². The minimum absolute atomic E-state index is 0.247. The van der Waals surface area contributed by atoms with E-state index in [1.165, 1.54) is 4.68 Å². The summed E-state index contributed by atoms with van der Waals surface area (Å²) in [7, 11) is 1.59. The highest BCUT2D eigenvalue weighted by Gasteiger charge is 2.27. The highest BCUT2D eigenvalue weighted by molar-refractivity contribution is 5.93. The van der Waals surface area contributed by atoms with Crippen molar-refractivity contribution < 1.29 is 14.3 Å². The van der Waals surface area contributed by atoms with Gasteiger partial charge in [-0.25, -0.2) is 4.68 Å². The molecule has 0 bridgehead atoms. The van der Waals surface area contributed by atoms with Crippen LogP contribution in [0, 0.1) is 0 Å². The van der Waals surface area contributed by atoms with E-state index in [0.717, 1.165) is 17.7 Å². The number of tetrazole rings is 1. The lowest BCUT2D eigenvalue weighted by molar-refractivity contribution is -0.123. The van der Waals surface area contributed by atoms with Crippen LogP contribution in [0.4, 0.5) is 5.95 Å². The minimum Gasteiger partial charge on any atom is -0.480 e. The summed E-state index contributed by atoms with van der Waals surface area (Å²) in [4.78, 5) is 12.3. The fourth-order valence-electron chi connectivity index (χ4n) is 2.32. The number of aromatic nitrogens is 4. The van der Waals surface area contributed by atoms with Crippen molar-refractivity contribution in [2.24, 2.45) is 0 Å². The molecule has 1 aliphatic rings. The Morgan fingerprint density at radius 2 is 2.36 bits per heavy atom. The molecule has 1 aliphatic heterocycles. The molecule has 0 saturated carbocycles. The first-order valence-electron chi connectivity index (χ1n) is 7.08. The van der Waals surface area contributed by atoms with Crippen molar-refractivity contribution in [2.45, 2.75) is 25.5 Å². The number of methoxy groups -OCH3 is 1. The number of amides is 1. The molecule has 0 fully saturated rings. The average Bonchev–Trinajstić information content (AvgIpc) is 2.99. The molecule has 0 aliphatic carbocycles. The van der Waals surface area contributed by atoms with Crippen LogP contribution in [-0.4, -0.2) is 45.9 Å². The number of hydrogen-bond acceptors (Lipinski definition) is 6. The molecule has 8 nitrogen and oxygen atoms in total. The first kappa shape index (κ1) is 14.5. The zero-order valence-corrected chi connectivity index (χ0v) is 12.2.